The second-order valence-corrected chi connectivity index (χ2v) is 8.01. The molecule has 3 aromatic carbocycles. The first-order chi connectivity index (χ1) is 15.3. The van der Waals surface area contributed by atoms with E-state index in [0.717, 1.165) is 23.3 Å². The molecule has 1 fully saturated rings. The topological polar surface area (TPSA) is 44.4 Å². The third kappa shape index (κ3) is 4.42. The molecule has 9 heteroatoms. The van der Waals surface area contributed by atoms with Crippen LogP contribution in [-0.2, 0) is 11.0 Å². The van der Waals surface area contributed by atoms with Gasteiger partial charge in [-0.25, -0.2) is 0 Å². The molecule has 0 saturated carbocycles. The van der Waals surface area contributed by atoms with E-state index in [9.17, 15) is 18.0 Å². The number of rotatable bonds is 3. The number of thiocarbonyl (C=S) groups is 1. The molecule has 1 amide bonds. The smallest absolute Gasteiger partial charge is 0.331 e. The van der Waals surface area contributed by atoms with E-state index in [-0.39, 0.29) is 16.7 Å². The predicted octanol–water partition coefficient (Wildman–Crippen LogP) is 5.93. The fraction of sp³-hybridized carbons (Fsp3) is 0.130. The number of carbonyl (C=O) groups excluding carboxylic acids is 1. The van der Waals surface area contributed by atoms with E-state index in [2.05, 4.69) is 10.7 Å². The van der Waals surface area contributed by atoms with Gasteiger partial charge in [0, 0.05) is 5.69 Å². The van der Waals surface area contributed by atoms with Gasteiger partial charge in [0.1, 0.15) is 0 Å². The van der Waals surface area contributed by atoms with E-state index in [4.69, 9.17) is 23.8 Å². The summed E-state index contributed by atoms with van der Waals surface area (Å²) in [6.45, 7) is 0. The van der Waals surface area contributed by atoms with E-state index in [1.54, 1.807) is 0 Å². The average molecular weight is 476 g/mol. The molecule has 2 atom stereocenters. The molecule has 3 aromatic rings. The van der Waals surface area contributed by atoms with Gasteiger partial charge in [-0.05, 0) is 41.5 Å². The number of hydrazine groups is 1. The number of nitrogens with one attached hydrogen (secondary N) is 2. The number of hydrogen-bond donors (Lipinski definition) is 2. The number of amides is 1. The largest absolute Gasteiger partial charge is 0.417 e. The molecule has 1 heterocycles. The van der Waals surface area contributed by atoms with Gasteiger partial charge < -0.3 is 5.32 Å². The number of nitrogens with zero attached hydrogens (tertiary/aromatic N) is 1. The Hall–Kier alpha value is -3.10. The Morgan fingerprint density at radius 2 is 1.56 bits per heavy atom. The molecule has 0 radical (unpaired) electrons. The van der Waals surface area contributed by atoms with Gasteiger partial charge in [0.15, 0.2) is 5.11 Å². The third-order valence-corrected chi connectivity index (χ3v) is 5.78. The quantitative estimate of drug-likeness (QED) is 0.461. The summed E-state index contributed by atoms with van der Waals surface area (Å²) in [5.74, 6) is -0.824. The van der Waals surface area contributed by atoms with Crippen molar-refractivity contribution >= 4 is 40.5 Å². The van der Waals surface area contributed by atoms with Crippen molar-refractivity contribution in [1.29, 1.82) is 0 Å². The SMILES string of the molecule is O=C1NN(C(=S)Nc2ccc(Cl)c(C(F)(F)F)c2)C(c2ccccc2)C1c1ccccc1. The van der Waals surface area contributed by atoms with Crippen LogP contribution in [-0.4, -0.2) is 16.0 Å². The van der Waals surface area contributed by atoms with E-state index in [1.165, 1.54) is 11.1 Å². The highest BCUT2D eigenvalue weighted by molar-refractivity contribution is 7.80. The van der Waals surface area contributed by atoms with Crippen LogP contribution >= 0.6 is 23.8 Å². The van der Waals surface area contributed by atoms with E-state index < -0.39 is 28.7 Å². The van der Waals surface area contributed by atoms with Crippen molar-refractivity contribution in [3.63, 3.8) is 0 Å². The molecule has 4 rings (SSSR count). The second kappa shape index (κ2) is 8.80. The van der Waals surface area contributed by atoms with Gasteiger partial charge >= 0.3 is 6.18 Å². The summed E-state index contributed by atoms with van der Waals surface area (Å²) in [5.41, 5.74) is 3.53. The minimum Gasteiger partial charge on any atom is -0.331 e. The Balaban J connectivity index is 1.67. The normalized spacial score (nSPS) is 18.4. The van der Waals surface area contributed by atoms with Crippen LogP contribution in [0.1, 0.15) is 28.7 Å². The highest BCUT2D eigenvalue weighted by Crippen LogP contribution is 2.40. The van der Waals surface area contributed by atoms with Crippen LogP contribution in [0.25, 0.3) is 0 Å². The Bertz CT molecular complexity index is 1140. The summed E-state index contributed by atoms with van der Waals surface area (Å²) < 4.78 is 39.7. The van der Waals surface area contributed by atoms with Gasteiger partial charge in [0.25, 0.3) is 0 Å². The molecule has 164 valence electrons. The maximum Gasteiger partial charge on any atom is 0.417 e. The molecule has 1 aliphatic rings. The van der Waals surface area contributed by atoms with E-state index in [0.29, 0.717) is 0 Å². The molecule has 0 spiro atoms. The van der Waals surface area contributed by atoms with Crippen molar-refractivity contribution in [2.75, 3.05) is 5.32 Å². The predicted molar refractivity (Wildman–Crippen MR) is 121 cm³/mol. The number of hydrogen-bond acceptors (Lipinski definition) is 2. The molecule has 4 nitrogen and oxygen atoms in total. The molecule has 1 saturated heterocycles. The highest BCUT2D eigenvalue weighted by Gasteiger charge is 2.44. The lowest BCUT2D eigenvalue weighted by atomic mass is 9.87. The Morgan fingerprint density at radius 1 is 0.969 bits per heavy atom. The summed E-state index contributed by atoms with van der Waals surface area (Å²) in [6, 6.07) is 21.5. The summed E-state index contributed by atoms with van der Waals surface area (Å²) >= 11 is 11.2. The summed E-state index contributed by atoms with van der Waals surface area (Å²) in [6.07, 6.45) is -4.61. The first-order valence-electron chi connectivity index (χ1n) is 9.63. The van der Waals surface area contributed by atoms with Gasteiger partial charge in [-0.3, -0.25) is 15.2 Å². The molecule has 1 aliphatic heterocycles. The first-order valence-corrected chi connectivity index (χ1v) is 10.4. The van der Waals surface area contributed by atoms with Crippen molar-refractivity contribution in [3.05, 3.63) is 101 Å². The zero-order chi connectivity index (χ0) is 22.9. The molecule has 32 heavy (non-hydrogen) atoms. The van der Waals surface area contributed by atoms with Crippen molar-refractivity contribution in [3.8, 4) is 0 Å². The van der Waals surface area contributed by atoms with Crippen LogP contribution in [0.2, 0.25) is 5.02 Å². The van der Waals surface area contributed by atoms with Gasteiger partial charge in [-0.1, -0.05) is 72.3 Å². The highest BCUT2D eigenvalue weighted by atomic mass is 35.5. The molecule has 0 bridgehead atoms. The monoisotopic (exact) mass is 475 g/mol. The third-order valence-electron chi connectivity index (χ3n) is 5.15. The number of alkyl halides is 3. The van der Waals surface area contributed by atoms with Crippen LogP contribution in [0.15, 0.2) is 78.9 Å². The van der Waals surface area contributed by atoms with Crippen molar-refractivity contribution in [2.45, 2.75) is 18.1 Å². The average Bonchev–Trinajstić information content (AvgIpc) is 3.13. The Morgan fingerprint density at radius 3 is 2.16 bits per heavy atom. The molecule has 0 aromatic heterocycles. The van der Waals surface area contributed by atoms with Crippen molar-refractivity contribution in [1.82, 2.24) is 10.4 Å². The molecule has 2 unspecified atom stereocenters. The van der Waals surface area contributed by atoms with Crippen molar-refractivity contribution in [2.24, 2.45) is 0 Å². The van der Waals surface area contributed by atoms with Crippen LogP contribution in [0.5, 0.6) is 0 Å². The van der Waals surface area contributed by atoms with Gasteiger partial charge in [0.2, 0.25) is 5.91 Å². The Kier molecular flexibility index (Phi) is 6.08. The van der Waals surface area contributed by atoms with E-state index >= 15 is 0 Å². The van der Waals surface area contributed by atoms with Crippen LogP contribution in [0, 0.1) is 0 Å². The number of halogens is 4. The number of benzene rings is 3. The lowest BCUT2D eigenvalue weighted by Gasteiger charge is -2.29. The number of carbonyl (C=O) groups is 1. The Labute approximate surface area is 193 Å². The minimum atomic E-state index is -4.61. The first kappa shape index (κ1) is 22.1. The van der Waals surface area contributed by atoms with Crippen LogP contribution in [0.3, 0.4) is 0 Å². The zero-order valence-electron chi connectivity index (χ0n) is 16.4. The molecule has 2 N–H and O–H groups in total. The van der Waals surface area contributed by atoms with Gasteiger partial charge in [-0.15, -0.1) is 0 Å². The van der Waals surface area contributed by atoms with Crippen molar-refractivity contribution < 1.29 is 18.0 Å². The van der Waals surface area contributed by atoms with Crippen LogP contribution in [0.4, 0.5) is 18.9 Å². The minimum absolute atomic E-state index is 0.0566. The van der Waals surface area contributed by atoms with Gasteiger partial charge in [0.05, 0.1) is 22.5 Å². The van der Waals surface area contributed by atoms with E-state index in [1.807, 2.05) is 60.7 Å². The summed E-state index contributed by atoms with van der Waals surface area (Å²) in [4.78, 5) is 12.9. The van der Waals surface area contributed by atoms with Gasteiger partial charge in [-0.2, -0.15) is 13.2 Å². The fourth-order valence-corrected chi connectivity index (χ4v) is 4.22. The maximum absolute atomic E-state index is 13.2. The fourth-order valence-electron chi connectivity index (χ4n) is 3.72. The molecular weight excluding hydrogens is 459 g/mol. The maximum atomic E-state index is 13.2. The lowest BCUT2D eigenvalue weighted by molar-refractivity contribution is -0.137. The zero-order valence-corrected chi connectivity index (χ0v) is 18.0. The number of anilines is 1. The lowest BCUT2D eigenvalue weighted by Crippen LogP contribution is -2.42. The molecule has 0 aliphatic carbocycles. The standard InChI is InChI=1S/C23H17ClF3N3OS/c24-18-12-11-16(13-17(18)23(25,26)27)28-22(32)30-20(15-9-5-2-6-10-15)19(21(31)29-30)14-7-3-1-4-8-14/h1-13,19-20H,(H,28,32)(H,29,31). The second-order valence-electron chi connectivity index (χ2n) is 7.21. The molecular formula is C23H17ClF3N3OS. The van der Waals surface area contributed by atoms with Crippen LogP contribution < -0.4 is 10.7 Å². The summed E-state index contributed by atoms with van der Waals surface area (Å²) in [7, 11) is 0. The summed E-state index contributed by atoms with van der Waals surface area (Å²) in [5, 5.41) is 3.93.